The summed E-state index contributed by atoms with van der Waals surface area (Å²) < 4.78 is 4.38. The number of nitrogens with two attached hydrogens (primary N) is 1. The number of aromatic nitrogens is 2. The Morgan fingerprint density at radius 2 is 2.06 bits per heavy atom. The number of carbonyl (C=O) groups excluding carboxylic acids is 1. The summed E-state index contributed by atoms with van der Waals surface area (Å²) in [6.45, 7) is 0.366. The molecule has 0 saturated carbocycles. The van der Waals surface area contributed by atoms with E-state index in [-0.39, 0.29) is 23.2 Å². The third-order valence-corrected chi connectivity index (χ3v) is 2.42. The van der Waals surface area contributed by atoms with Crippen LogP contribution in [0.2, 0.25) is 0 Å². The lowest BCUT2D eigenvalue weighted by Gasteiger charge is -2.15. The summed E-state index contributed by atoms with van der Waals surface area (Å²) in [6, 6.07) is 6.56. The van der Waals surface area contributed by atoms with Gasteiger partial charge in [0.05, 0.1) is 0 Å². The van der Waals surface area contributed by atoms with Crippen molar-refractivity contribution in [3.05, 3.63) is 35.5 Å². The molecule has 1 heterocycles. The van der Waals surface area contributed by atoms with E-state index in [4.69, 9.17) is 10.8 Å². The molecular formula is C11H12N4O3. The summed E-state index contributed by atoms with van der Waals surface area (Å²) in [5.41, 5.74) is 6.31. The third-order valence-electron chi connectivity index (χ3n) is 2.42. The second kappa shape index (κ2) is 4.74. The van der Waals surface area contributed by atoms with E-state index in [2.05, 4.69) is 14.9 Å². The number of benzene rings is 1. The summed E-state index contributed by atoms with van der Waals surface area (Å²) in [5.74, 6) is -0.225. The Morgan fingerprint density at radius 3 is 2.61 bits per heavy atom. The topological polar surface area (TPSA) is 105 Å². The first-order valence-electron chi connectivity index (χ1n) is 5.19. The summed E-state index contributed by atoms with van der Waals surface area (Å²) in [7, 11) is 1.61. The van der Waals surface area contributed by atoms with E-state index in [0.717, 1.165) is 5.56 Å². The smallest absolute Gasteiger partial charge is 0.280 e. The average Bonchev–Trinajstić information content (AvgIpc) is 2.77. The van der Waals surface area contributed by atoms with Crippen LogP contribution in [0, 0.1) is 0 Å². The second-order valence-corrected chi connectivity index (χ2v) is 3.83. The number of phenolic OH excluding ortho intramolecular Hbond substituents is 1. The molecule has 0 spiro atoms. The molecule has 2 aromatic rings. The molecule has 0 saturated heterocycles. The van der Waals surface area contributed by atoms with Gasteiger partial charge in [0.25, 0.3) is 5.91 Å². The average molecular weight is 248 g/mol. The molecule has 1 aromatic heterocycles. The van der Waals surface area contributed by atoms with E-state index in [0.29, 0.717) is 6.54 Å². The zero-order chi connectivity index (χ0) is 13.1. The van der Waals surface area contributed by atoms with Gasteiger partial charge in [-0.15, -0.1) is 0 Å². The van der Waals surface area contributed by atoms with Crippen LogP contribution in [-0.4, -0.2) is 33.3 Å². The summed E-state index contributed by atoms with van der Waals surface area (Å²) in [6.07, 6.45) is 0. The molecule has 1 aromatic carbocycles. The minimum atomic E-state index is -0.373. The van der Waals surface area contributed by atoms with Crippen LogP contribution < -0.4 is 5.73 Å². The number of hydrogen-bond donors (Lipinski definition) is 2. The van der Waals surface area contributed by atoms with Gasteiger partial charge in [-0.3, -0.25) is 4.79 Å². The van der Waals surface area contributed by atoms with E-state index >= 15 is 0 Å². The molecular weight excluding hydrogens is 236 g/mol. The second-order valence-electron chi connectivity index (χ2n) is 3.83. The van der Waals surface area contributed by atoms with Crippen molar-refractivity contribution >= 4 is 11.7 Å². The zero-order valence-electron chi connectivity index (χ0n) is 9.70. The van der Waals surface area contributed by atoms with E-state index in [1.54, 1.807) is 31.3 Å². The Hall–Kier alpha value is -2.57. The van der Waals surface area contributed by atoms with Gasteiger partial charge in [-0.1, -0.05) is 12.1 Å². The number of aromatic hydroxyl groups is 1. The first-order valence-corrected chi connectivity index (χ1v) is 5.19. The first-order chi connectivity index (χ1) is 8.58. The van der Waals surface area contributed by atoms with Gasteiger partial charge in [0.1, 0.15) is 5.75 Å². The van der Waals surface area contributed by atoms with Gasteiger partial charge in [0, 0.05) is 13.6 Å². The van der Waals surface area contributed by atoms with Crippen LogP contribution >= 0.6 is 0 Å². The third kappa shape index (κ3) is 2.40. The van der Waals surface area contributed by atoms with Gasteiger partial charge in [-0.2, -0.15) is 0 Å². The van der Waals surface area contributed by atoms with Crippen molar-refractivity contribution in [1.29, 1.82) is 0 Å². The van der Waals surface area contributed by atoms with Crippen LogP contribution in [0.25, 0.3) is 0 Å². The molecule has 2 rings (SSSR count). The molecule has 3 N–H and O–H groups in total. The van der Waals surface area contributed by atoms with Crippen LogP contribution in [0.4, 0.5) is 5.82 Å². The van der Waals surface area contributed by atoms with E-state index in [1.807, 2.05) is 0 Å². The van der Waals surface area contributed by atoms with Crippen LogP contribution in [0.5, 0.6) is 5.75 Å². The lowest BCUT2D eigenvalue weighted by Crippen LogP contribution is -2.27. The number of amides is 1. The Labute approximate surface area is 103 Å². The van der Waals surface area contributed by atoms with Gasteiger partial charge >= 0.3 is 0 Å². The maximum Gasteiger partial charge on any atom is 0.280 e. The Balaban J connectivity index is 2.08. The van der Waals surface area contributed by atoms with Gasteiger partial charge in [-0.25, -0.2) is 4.63 Å². The molecule has 0 aliphatic heterocycles. The Morgan fingerprint density at radius 1 is 1.39 bits per heavy atom. The number of nitrogen functional groups attached to an aromatic ring is 1. The number of phenols is 1. The summed E-state index contributed by atoms with van der Waals surface area (Å²) >= 11 is 0. The summed E-state index contributed by atoms with van der Waals surface area (Å²) in [5, 5.41) is 16.0. The maximum absolute atomic E-state index is 11.9. The molecule has 0 fully saturated rings. The van der Waals surface area contributed by atoms with Gasteiger partial charge in [0.15, 0.2) is 0 Å². The van der Waals surface area contributed by atoms with Gasteiger partial charge < -0.3 is 15.7 Å². The minimum Gasteiger partial charge on any atom is -0.508 e. The molecule has 7 heteroatoms. The Bertz CT molecular complexity index is 550. The van der Waals surface area contributed by atoms with Crippen molar-refractivity contribution in [3.8, 4) is 5.75 Å². The molecule has 94 valence electrons. The van der Waals surface area contributed by atoms with Crippen molar-refractivity contribution in [2.24, 2.45) is 0 Å². The fourth-order valence-corrected chi connectivity index (χ4v) is 1.47. The predicted octanol–water partition coefficient (Wildman–Crippen LogP) is 0.630. The number of anilines is 1. The highest BCUT2D eigenvalue weighted by molar-refractivity contribution is 5.95. The maximum atomic E-state index is 11.9. The number of nitrogens with zero attached hydrogens (tertiary/aromatic N) is 3. The van der Waals surface area contributed by atoms with E-state index in [1.165, 1.54) is 4.90 Å². The normalized spacial score (nSPS) is 10.3. The van der Waals surface area contributed by atoms with Crippen molar-refractivity contribution in [2.45, 2.75) is 6.54 Å². The highest BCUT2D eigenvalue weighted by atomic mass is 16.6. The molecule has 0 unspecified atom stereocenters. The summed E-state index contributed by atoms with van der Waals surface area (Å²) in [4.78, 5) is 13.4. The van der Waals surface area contributed by atoms with Crippen molar-refractivity contribution in [3.63, 3.8) is 0 Å². The highest BCUT2D eigenvalue weighted by Gasteiger charge is 2.20. The number of rotatable bonds is 3. The zero-order valence-corrected chi connectivity index (χ0v) is 9.70. The standard InChI is InChI=1S/C11H12N4O3/c1-15(6-7-2-4-8(16)5-3-7)11(17)9-10(12)14-18-13-9/h2-5,16H,6H2,1H3,(H2,12,14). The lowest BCUT2D eigenvalue weighted by atomic mass is 10.2. The minimum absolute atomic E-state index is 0.00345. The van der Waals surface area contributed by atoms with Crippen LogP contribution in [0.3, 0.4) is 0 Å². The molecule has 0 atom stereocenters. The molecule has 0 aliphatic rings. The molecule has 0 bridgehead atoms. The highest BCUT2D eigenvalue weighted by Crippen LogP contribution is 2.13. The SMILES string of the molecule is CN(Cc1ccc(O)cc1)C(=O)c1nonc1N. The fraction of sp³-hybridized carbons (Fsp3) is 0.182. The van der Waals surface area contributed by atoms with E-state index < -0.39 is 0 Å². The van der Waals surface area contributed by atoms with Crippen LogP contribution in [-0.2, 0) is 6.54 Å². The number of carbonyl (C=O) groups is 1. The fourth-order valence-electron chi connectivity index (χ4n) is 1.47. The van der Waals surface area contributed by atoms with Crippen molar-refractivity contribution < 1.29 is 14.5 Å². The van der Waals surface area contributed by atoms with Crippen molar-refractivity contribution in [1.82, 2.24) is 15.2 Å². The molecule has 0 aliphatic carbocycles. The molecule has 0 radical (unpaired) electrons. The van der Waals surface area contributed by atoms with E-state index in [9.17, 15) is 4.79 Å². The van der Waals surface area contributed by atoms with Gasteiger partial charge in [-0.05, 0) is 28.0 Å². The largest absolute Gasteiger partial charge is 0.508 e. The quantitative estimate of drug-likeness (QED) is 0.825. The number of hydrogen-bond acceptors (Lipinski definition) is 6. The molecule has 18 heavy (non-hydrogen) atoms. The molecule has 1 amide bonds. The monoisotopic (exact) mass is 248 g/mol. The Kier molecular flexibility index (Phi) is 3.13. The van der Waals surface area contributed by atoms with Gasteiger partial charge in [0.2, 0.25) is 11.5 Å². The lowest BCUT2D eigenvalue weighted by molar-refractivity contribution is 0.0774. The van der Waals surface area contributed by atoms with Crippen LogP contribution in [0.1, 0.15) is 16.1 Å². The van der Waals surface area contributed by atoms with Crippen LogP contribution in [0.15, 0.2) is 28.9 Å². The molecule has 7 nitrogen and oxygen atoms in total. The van der Waals surface area contributed by atoms with Crippen molar-refractivity contribution in [2.75, 3.05) is 12.8 Å². The predicted molar refractivity (Wildman–Crippen MR) is 62.6 cm³/mol. The first kappa shape index (κ1) is 11.9.